The second-order valence-corrected chi connectivity index (χ2v) is 5.10. The molecule has 0 aliphatic rings. The van der Waals surface area contributed by atoms with Crippen molar-refractivity contribution in [2.24, 2.45) is 0 Å². The number of hydrogen-bond donors (Lipinski definition) is 1. The SMILES string of the molecule is CC(=O)c1ccc(-n2[nH]cc(-c3ccc(C#N)cc3F)c2=O)nc1. The predicted octanol–water partition coefficient (Wildman–Crippen LogP) is 2.44. The van der Waals surface area contributed by atoms with E-state index in [9.17, 15) is 14.0 Å². The third kappa shape index (κ3) is 2.61. The van der Waals surface area contributed by atoms with E-state index in [4.69, 9.17) is 5.26 Å². The van der Waals surface area contributed by atoms with Gasteiger partial charge in [-0.05, 0) is 37.3 Å². The van der Waals surface area contributed by atoms with E-state index in [0.717, 1.165) is 10.7 Å². The molecule has 1 N–H and O–H groups in total. The summed E-state index contributed by atoms with van der Waals surface area (Å²) in [5.41, 5.74) is 0.329. The van der Waals surface area contributed by atoms with Crippen LogP contribution >= 0.6 is 0 Å². The molecule has 118 valence electrons. The van der Waals surface area contributed by atoms with Gasteiger partial charge in [0, 0.05) is 23.5 Å². The molecule has 0 saturated carbocycles. The van der Waals surface area contributed by atoms with Crippen molar-refractivity contribution in [3.63, 3.8) is 0 Å². The fraction of sp³-hybridized carbons (Fsp3) is 0.0588. The summed E-state index contributed by atoms with van der Waals surface area (Å²) in [7, 11) is 0. The molecule has 3 aromatic rings. The van der Waals surface area contributed by atoms with E-state index >= 15 is 0 Å². The van der Waals surface area contributed by atoms with Crippen LogP contribution in [0.25, 0.3) is 16.9 Å². The fourth-order valence-corrected chi connectivity index (χ4v) is 2.26. The van der Waals surface area contributed by atoms with E-state index in [1.807, 2.05) is 6.07 Å². The molecule has 0 bridgehead atoms. The van der Waals surface area contributed by atoms with Gasteiger partial charge in [-0.15, -0.1) is 0 Å². The van der Waals surface area contributed by atoms with E-state index in [1.165, 1.54) is 37.5 Å². The molecule has 3 rings (SSSR count). The zero-order valence-electron chi connectivity index (χ0n) is 12.6. The van der Waals surface area contributed by atoms with Crippen molar-refractivity contribution in [1.29, 1.82) is 5.26 Å². The third-order valence-corrected chi connectivity index (χ3v) is 3.54. The van der Waals surface area contributed by atoms with Crippen molar-refractivity contribution in [2.45, 2.75) is 6.92 Å². The molecule has 6 nitrogen and oxygen atoms in total. The number of nitrogens with one attached hydrogen (secondary N) is 1. The summed E-state index contributed by atoms with van der Waals surface area (Å²) in [6.07, 6.45) is 2.74. The molecule has 0 fully saturated rings. The highest BCUT2D eigenvalue weighted by Crippen LogP contribution is 2.20. The summed E-state index contributed by atoms with van der Waals surface area (Å²) in [6, 6.07) is 8.81. The minimum absolute atomic E-state index is 0.0920. The highest BCUT2D eigenvalue weighted by atomic mass is 19.1. The molecule has 1 aromatic carbocycles. The second kappa shape index (κ2) is 5.93. The number of carbonyl (C=O) groups is 1. The summed E-state index contributed by atoms with van der Waals surface area (Å²) >= 11 is 0. The summed E-state index contributed by atoms with van der Waals surface area (Å²) in [5, 5.41) is 11.5. The topological polar surface area (TPSA) is 91.5 Å². The fourth-order valence-electron chi connectivity index (χ4n) is 2.26. The quantitative estimate of drug-likeness (QED) is 0.750. The lowest BCUT2D eigenvalue weighted by atomic mass is 10.1. The van der Waals surface area contributed by atoms with Crippen molar-refractivity contribution in [3.05, 3.63) is 70.0 Å². The molecule has 2 aromatic heterocycles. The van der Waals surface area contributed by atoms with Crippen molar-refractivity contribution in [1.82, 2.24) is 14.8 Å². The maximum absolute atomic E-state index is 14.1. The van der Waals surface area contributed by atoms with Gasteiger partial charge in [0.05, 0.1) is 17.2 Å². The number of halogens is 1. The van der Waals surface area contributed by atoms with Crippen LogP contribution in [0.4, 0.5) is 4.39 Å². The number of ketones is 1. The summed E-state index contributed by atoms with van der Waals surface area (Å²) in [6.45, 7) is 1.42. The standard InChI is InChI=1S/C17H11FN4O2/c1-10(23)12-3-5-16(20-8-12)22-17(24)14(9-21-22)13-4-2-11(7-19)6-15(13)18/h2-6,8-9,21H,1H3. The lowest BCUT2D eigenvalue weighted by molar-refractivity contribution is 0.101. The molecule has 2 heterocycles. The average Bonchev–Trinajstić information content (AvgIpc) is 2.96. The molecule has 0 atom stereocenters. The molecular formula is C17H11FN4O2. The number of pyridine rings is 1. The monoisotopic (exact) mass is 322 g/mol. The zero-order valence-corrected chi connectivity index (χ0v) is 12.6. The summed E-state index contributed by atoms with van der Waals surface area (Å²) in [5.74, 6) is -0.504. The van der Waals surface area contributed by atoms with Gasteiger partial charge >= 0.3 is 0 Å². The van der Waals surface area contributed by atoms with Gasteiger partial charge in [0.25, 0.3) is 5.56 Å². The smallest absolute Gasteiger partial charge is 0.280 e. The molecule has 0 radical (unpaired) electrons. The molecule has 24 heavy (non-hydrogen) atoms. The Labute approximate surface area is 135 Å². The first-order valence-electron chi connectivity index (χ1n) is 6.99. The lowest BCUT2D eigenvalue weighted by Gasteiger charge is -2.01. The number of carbonyl (C=O) groups excluding carboxylic acids is 1. The molecule has 0 aliphatic carbocycles. The summed E-state index contributed by atoms with van der Waals surface area (Å²) in [4.78, 5) is 27.8. The minimum Gasteiger partial charge on any atom is -0.296 e. The number of hydrogen-bond acceptors (Lipinski definition) is 4. The Morgan fingerprint density at radius 2 is 2.08 bits per heavy atom. The number of aromatic amines is 1. The average molecular weight is 322 g/mol. The van der Waals surface area contributed by atoms with Crippen molar-refractivity contribution >= 4 is 5.78 Å². The maximum atomic E-state index is 14.1. The van der Waals surface area contributed by atoms with Crippen LogP contribution in [-0.2, 0) is 0 Å². The number of nitrogens with zero attached hydrogens (tertiary/aromatic N) is 3. The van der Waals surface area contributed by atoms with Gasteiger partial charge in [-0.1, -0.05) is 0 Å². The normalized spacial score (nSPS) is 10.4. The Balaban J connectivity index is 2.05. The first-order valence-corrected chi connectivity index (χ1v) is 6.99. The van der Waals surface area contributed by atoms with E-state index in [-0.39, 0.29) is 28.3 Å². The number of rotatable bonds is 3. The van der Waals surface area contributed by atoms with Crippen LogP contribution in [0, 0.1) is 17.1 Å². The van der Waals surface area contributed by atoms with Gasteiger partial charge < -0.3 is 0 Å². The highest BCUT2D eigenvalue weighted by molar-refractivity contribution is 5.93. The van der Waals surface area contributed by atoms with Crippen molar-refractivity contribution in [2.75, 3.05) is 0 Å². The highest BCUT2D eigenvalue weighted by Gasteiger charge is 2.15. The van der Waals surface area contributed by atoms with Gasteiger partial charge in [0.1, 0.15) is 5.82 Å². The van der Waals surface area contributed by atoms with Crippen LogP contribution in [0.2, 0.25) is 0 Å². The third-order valence-electron chi connectivity index (χ3n) is 3.54. The molecule has 0 unspecified atom stereocenters. The van der Waals surface area contributed by atoms with Crippen molar-refractivity contribution < 1.29 is 9.18 Å². The van der Waals surface area contributed by atoms with Crippen molar-refractivity contribution in [3.8, 4) is 23.0 Å². The largest absolute Gasteiger partial charge is 0.296 e. The van der Waals surface area contributed by atoms with Gasteiger partial charge in [0.15, 0.2) is 11.6 Å². The zero-order chi connectivity index (χ0) is 17.3. The van der Waals surface area contributed by atoms with Crippen LogP contribution in [0.3, 0.4) is 0 Å². The Morgan fingerprint density at radius 3 is 2.67 bits per heavy atom. The van der Waals surface area contributed by atoms with Gasteiger partial charge in [-0.25, -0.2) is 14.1 Å². The number of nitriles is 1. The van der Waals surface area contributed by atoms with Crippen LogP contribution in [0.15, 0.2) is 47.5 Å². The van der Waals surface area contributed by atoms with Crippen LogP contribution in [0.5, 0.6) is 0 Å². The molecule has 7 heteroatoms. The predicted molar refractivity (Wildman–Crippen MR) is 84.3 cm³/mol. The van der Waals surface area contributed by atoms with Crippen LogP contribution in [0.1, 0.15) is 22.8 Å². The first-order chi connectivity index (χ1) is 11.5. The maximum Gasteiger partial charge on any atom is 0.280 e. The minimum atomic E-state index is -0.655. The number of Topliss-reactive ketones (excluding diaryl/α,β-unsaturated/α-hetero) is 1. The molecule has 0 aliphatic heterocycles. The van der Waals surface area contributed by atoms with Gasteiger partial charge in [0.2, 0.25) is 0 Å². The van der Waals surface area contributed by atoms with E-state index < -0.39 is 11.4 Å². The van der Waals surface area contributed by atoms with Crippen LogP contribution < -0.4 is 5.56 Å². The molecule has 0 saturated heterocycles. The Bertz CT molecular complexity index is 1030. The Morgan fingerprint density at radius 1 is 1.29 bits per heavy atom. The lowest BCUT2D eigenvalue weighted by Crippen LogP contribution is -2.17. The second-order valence-electron chi connectivity index (χ2n) is 5.10. The van der Waals surface area contributed by atoms with E-state index in [1.54, 1.807) is 6.07 Å². The van der Waals surface area contributed by atoms with E-state index in [0.29, 0.717) is 5.56 Å². The number of H-pyrrole nitrogens is 1. The molecule has 0 amide bonds. The molecule has 0 spiro atoms. The number of aromatic nitrogens is 3. The molecular weight excluding hydrogens is 311 g/mol. The van der Waals surface area contributed by atoms with Crippen LogP contribution in [-0.4, -0.2) is 20.5 Å². The van der Waals surface area contributed by atoms with Gasteiger partial charge in [-0.2, -0.15) is 5.26 Å². The first kappa shape index (κ1) is 15.4. The Hall–Kier alpha value is -3.53. The summed E-state index contributed by atoms with van der Waals surface area (Å²) < 4.78 is 15.2. The van der Waals surface area contributed by atoms with E-state index in [2.05, 4.69) is 10.1 Å². The Kier molecular flexibility index (Phi) is 3.80. The number of benzene rings is 1. The van der Waals surface area contributed by atoms with Gasteiger partial charge in [-0.3, -0.25) is 14.7 Å².